The average molecular weight is 263 g/mol. The molecule has 1 aromatic rings. The van der Waals surface area contributed by atoms with Crippen molar-refractivity contribution in [3.8, 4) is 23.3 Å². The fourth-order valence-electron chi connectivity index (χ4n) is 1.44. The molecule has 19 heavy (non-hydrogen) atoms. The van der Waals surface area contributed by atoms with Gasteiger partial charge in [0.1, 0.15) is 6.04 Å². The lowest BCUT2D eigenvalue weighted by Crippen LogP contribution is -2.41. The van der Waals surface area contributed by atoms with Crippen molar-refractivity contribution in [2.24, 2.45) is 0 Å². The molecule has 1 amide bonds. The third kappa shape index (κ3) is 4.24. The number of hydrogen-bond acceptors (Lipinski definition) is 4. The van der Waals surface area contributed by atoms with Gasteiger partial charge < -0.3 is 20.6 Å². The molecular weight excluding hydrogens is 250 g/mol. The van der Waals surface area contributed by atoms with Crippen LogP contribution in [-0.4, -0.2) is 33.2 Å². The molecule has 6 heteroatoms. The van der Waals surface area contributed by atoms with Gasteiger partial charge in [-0.2, -0.15) is 0 Å². The monoisotopic (exact) mass is 263 g/mol. The highest BCUT2D eigenvalue weighted by atomic mass is 16.4. The predicted molar refractivity (Wildman–Crippen MR) is 66.5 cm³/mol. The molecule has 0 spiro atoms. The summed E-state index contributed by atoms with van der Waals surface area (Å²) in [4.78, 5) is 22.3. The first kappa shape index (κ1) is 14.4. The van der Waals surface area contributed by atoms with Crippen LogP contribution in [-0.2, 0) is 16.0 Å². The number of carboxylic acids is 1. The zero-order valence-electron chi connectivity index (χ0n) is 10.2. The van der Waals surface area contributed by atoms with Gasteiger partial charge in [-0.1, -0.05) is 12.0 Å². The van der Waals surface area contributed by atoms with Crippen LogP contribution in [0.15, 0.2) is 18.2 Å². The number of nitrogens with one attached hydrogen (secondary N) is 1. The molecule has 6 nitrogen and oxygen atoms in total. The molecule has 0 radical (unpaired) electrons. The number of aromatic hydroxyl groups is 2. The Morgan fingerprint density at radius 1 is 1.32 bits per heavy atom. The van der Waals surface area contributed by atoms with Crippen LogP contribution in [0.5, 0.6) is 11.5 Å². The standard InChI is InChI=1S/C13H13NO5/c1-2-3-12(17)14-9(13(18)19)6-8-4-5-10(15)11(16)7-8/h4-5,7,9,15-16H,6H2,1H3,(H,14,17)(H,18,19)/t9-/m0/s1. The molecule has 0 aliphatic heterocycles. The first-order valence-electron chi connectivity index (χ1n) is 5.41. The van der Waals surface area contributed by atoms with E-state index in [4.69, 9.17) is 10.2 Å². The van der Waals surface area contributed by atoms with Crippen LogP contribution in [0.25, 0.3) is 0 Å². The number of carboxylic acid groups (broad SMARTS) is 1. The maximum atomic E-state index is 11.2. The lowest BCUT2D eigenvalue weighted by Gasteiger charge is -2.13. The van der Waals surface area contributed by atoms with Crippen molar-refractivity contribution >= 4 is 11.9 Å². The molecular formula is C13H13NO5. The summed E-state index contributed by atoms with van der Waals surface area (Å²) in [6.45, 7) is 1.47. The van der Waals surface area contributed by atoms with E-state index in [0.29, 0.717) is 5.56 Å². The molecule has 0 bridgehead atoms. The summed E-state index contributed by atoms with van der Waals surface area (Å²) in [6.07, 6.45) is -0.0275. The summed E-state index contributed by atoms with van der Waals surface area (Å²) in [5.41, 5.74) is 0.465. The second kappa shape index (κ2) is 6.31. The minimum absolute atomic E-state index is 0.0275. The van der Waals surface area contributed by atoms with E-state index in [0.717, 1.165) is 0 Å². The van der Waals surface area contributed by atoms with Crippen LogP contribution in [0.4, 0.5) is 0 Å². The maximum absolute atomic E-state index is 11.2. The van der Waals surface area contributed by atoms with E-state index >= 15 is 0 Å². The zero-order valence-corrected chi connectivity index (χ0v) is 10.2. The molecule has 1 atom stereocenters. The minimum atomic E-state index is -1.21. The molecule has 1 rings (SSSR count). The van der Waals surface area contributed by atoms with Crippen LogP contribution in [0.1, 0.15) is 12.5 Å². The summed E-state index contributed by atoms with van der Waals surface area (Å²) >= 11 is 0. The third-order valence-electron chi connectivity index (χ3n) is 2.32. The number of benzene rings is 1. The summed E-state index contributed by atoms with van der Waals surface area (Å²) in [5, 5.41) is 29.7. The normalized spacial score (nSPS) is 11.0. The number of aliphatic carboxylic acids is 1. The Labute approximate surface area is 109 Å². The van der Waals surface area contributed by atoms with Gasteiger partial charge in [0, 0.05) is 6.42 Å². The van der Waals surface area contributed by atoms with Crippen LogP contribution in [0.3, 0.4) is 0 Å². The van der Waals surface area contributed by atoms with Crippen LogP contribution < -0.4 is 5.32 Å². The second-order valence-electron chi connectivity index (χ2n) is 3.77. The molecule has 0 aromatic heterocycles. The van der Waals surface area contributed by atoms with Crippen molar-refractivity contribution < 1.29 is 24.9 Å². The highest BCUT2D eigenvalue weighted by Crippen LogP contribution is 2.25. The van der Waals surface area contributed by atoms with Gasteiger partial charge in [-0.3, -0.25) is 4.79 Å². The number of rotatable bonds is 4. The van der Waals surface area contributed by atoms with Crippen molar-refractivity contribution in [1.82, 2.24) is 5.32 Å². The molecule has 0 saturated heterocycles. The Balaban J connectivity index is 2.83. The first-order valence-corrected chi connectivity index (χ1v) is 5.41. The van der Waals surface area contributed by atoms with E-state index in [1.165, 1.54) is 25.1 Å². The average Bonchev–Trinajstić information content (AvgIpc) is 2.33. The summed E-state index contributed by atoms with van der Waals surface area (Å²) in [7, 11) is 0. The maximum Gasteiger partial charge on any atom is 0.326 e. The van der Waals surface area contributed by atoms with E-state index in [2.05, 4.69) is 17.2 Å². The van der Waals surface area contributed by atoms with Crippen molar-refractivity contribution in [2.75, 3.05) is 0 Å². The van der Waals surface area contributed by atoms with Gasteiger partial charge in [0.25, 0.3) is 5.91 Å². The molecule has 4 N–H and O–H groups in total. The van der Waals surface area contributed by atoms with Crippen molar-refractivity contribution in [3.63, 3.8) is 0 Å². The smallest absolute Gasteiger partial charge is 0.326 e. The van der Waals surface area contributed by atoms with Gasteiger partial charge in [-0.15, -0.1) is 0 Å². The molecule has 0 aliphatic carbocycles. The number of carbonyl (C=O) groups is 2. The van der Waals surface area contributed by atoms with Crippen LogP contribution in [0, 0.1) is 11.8 Å². The summed E-state index contributed by atoms with van der Waals surface area (Å²) < 4.78 is 0. The van der Waals surface area contributed by atoms with Gasteiger partial charge >= 0.3 is 5.97 Å². The number of amides is 1. The summed E-state index contributed by atoms with van der Waals surface area (Å²) in [5.74, 6) is 2.02. The lowest BCUT2D eigenvalue weighted by molar-refractivity contribution is -0.141. The van der Waals surface area contributed by atoms with E-state index in [-0.39, 0.29) is 17.9 Å². The number of phenols is 2. The molecule has 0 fully saturated rings. The Hall–Kier alpha value is -2.68. The van der Waals surface area contributed by atoms with Gasteiger partial charge in [-0.05, 0) is 30.5 Å². The van der Waals surface area contributed by atoms with E-state index < -0.39 is 17.9 Å². The molecule has 1 aromatic carbocycles. The Kier molecular flexibility index (Phi) is 4.77. The van der Waals surface area contributed by atoms with Crippen molar-refractivity contribution in [3.05, 3.63) is 23.8 Å². The van der Waals surface area contributed by atoms with Crippen LogP contribution in [0.2, 0.25) is 0 Å². The third-order valence-corrected chi connectivity index (χ3v) is 2.32. The molecule has 0 saturated carbocycles. The highest BCUT2D eigenvalue weighted by molar-refractivity contribution is 5.96. The van der Waals surface area contributed by atoms with Gasteiger partial charge in [0.15, 0.2) is 11.5 Å². The van der Waals surface area contributed by atoms with Gasteiger partial charge in [-0.25, -0.2) is 4.79 Å². The molecule has 0 heterocycles. The first-order chi connectivity index (χ1) is 8.93. The Bertz CT molecular complexity index is 556. The number of hydrogen-bond donors (Lipinski definition) is 4. The zero-order chi connectivity index (χ0) is 14.4. The van der Waals surface area contributed by atoms with Gasteiger partial charge in [0.2, 0.25) is 0 Å². The fourth-order valence-corrected chi connectivity index (χ4v) is 1.44. The van der Waals surface area contributed by atoms with Crippen LogP contribution >= 0.6 is 0 Å². The minimum Gasteiger partial charge on any atom is -0.504 e. The Morgan fingerprint density at radius 2 is 2.00 bits per heavy atom. The SMILES string of the molecule is CC#CC(=O)N[C@@H](Cc1ccc(O)c(O)c1)C(=O)O. The quantitative estimate of drug-likeness (QED) is 0.459. The largest absolute Gasteiger partial charge is 0.504 e. The van der Waals surface area contributed by atoms with E-state index in [1.807, 2.05) is 0 Å². The number of phenolic OH excluding ortho intramolecular Hbond substituents is 2. The highest BCUT2D eigenvalue weighted by Gasteiger charge is 2.20. The fraction of sp³-hybridized carbons (Fsp3) is 0.231. The molecule has 100 valence electrons. The number of carbonyl (C=O) groups excluding carboxylic acids is 1. The predicted octanol–water partition coefficient (Wildman–Crippen LogP) is 0.233. The van der Waals surface area contributed by atoms with Crippen molar-refractivity contribution in [2.45, 2.75) is 19.4 Å². The topological polar surface area (TPSA) is 107 Å². The Morgan fingerprint density at radius 3 is 2.53 bits per heavy atom. The van der Waals surface area contributed by atoms with E-state index in [1.54, 1.807) is 0 Å². The summed E-state index contributed by atoms with van der Waals surface area (Å²) in [6, 6.07) is 2.79. The molecule has 0 unspecified atom stereocenters. The lowest BCUT2D eigenvalue weighted by atomic mass is 10.1. The second-order valence-corrected chi connectivity index (χ2v) is 3.77. The molecule has 0 aliphatic rings. The van der Waals surface area contributed by atoms with Gasteiger partial charge in [0.05, 0.1) is 0 Å². The van der Waals surface area contributed by atoms with E-state index in [9.17, 15) is 14.7 Å². The van der Waals surface area contributed by atoms with Crippen molar-refractivity contribution in [1.29, 1.82) is 0 Å².